The molecule has 0 bridgehead atoms. The van der Waals surface area contributed by atoms with Gasteiger partial charge in [-0.25, -0.2) is 4.39 Å². The van der Waals surface area contributed by atoms with E-state index in [-0.39, 0.29) is 17.0 Å². The van der Waals surface area contributed by atoms with Crippen LogP contribution in [0.25, 0.3) is 0 Å². The van der Waals surface area contributed by atoms with Crippen molar-refractivity contribution in [1.29, 1.82) is 0 Å². The number of hydrogen-bond acceptors (Lipinski definition) is 4. The maximum absolute atomic E-state index is 13.0. The Hall–Kier alpha value is -2.21. The summed E-state index contributed by atoms with van der Waals surface area (Å²) < 4.78 is 24.1. The number of thioether (sulfide) groups is 1. The second-order valence-corrected chi connectivity index (χ2v) is 6.91. The topological polar surface area (TPSA) is 47.6 Å². The monoisotopic (exact) mass is 377 g/mol. The Kier molecular flexibility index (Phi) is 7.78. The van der Waals surface area contributed by atoms with Crippen LogP contribution in [-0.2, 0) is 4.79 Å². The summed E-state index contributed by atoms with van der Waals surface area (Å²) in [6.07, 6.45) is 0. The Morgan fingerprint density at radius 2 is 1.73 bits per heavy atom. The van der Waals surface area contributed by atoms with E-state index in [1.165, 1.54) is 23.9 Å². The largest absolute Gasteiger partial charge is 0.490 e. The highest BCUT2D eigenvalue weighted by Gasteiger charge is 2.11. The van der Waals surface area contributed by atoms with E-state index in [1.807, 2.05) is 20.8 Å². The highest BCUT2D eigenvalue weighted by molar-refractivity contribution is 8.00. The number of carbonyl (C=O) groups excluding carboxylic acids is 1. The van der Waals surface area contributed by atoms with E-state index in [2.05, 4.69) is 5.32 Å². The zero-order valence-electron chi connectivity index (χ0n) is 15.3. The Morgan fingerprint density at radius 1 is 1.08 bits per heavy atom. The summed E-state index contributed by atoms with van der Waals surface area (Å²) in [5, 5.41) is 2.97. The molecule has 2 aromatic rings. The summed E-state index contributed by atoms with van der Waals surface area (Å²) in [6.45, 7) is 6.86. The molecule has 0 aliphatic rings. The van der Waals surface area contributed by atoms with Crippen molar-refractivity contribution in [3.05, 3.63) is 53.8 Å². The standard InChI is InChI=1S/C20H24FNO3S/c1-4-24-18-11-10-17(12-19(18)25-5-2)22-20(23)13-26-14(3)15-6-8-16(21)9-7-15/h6-12,14H,4-5,13H2,1-3H3,(H,22,23). The molecule has 0 fully saturated rings. The molecule has 2 aromatic carbocycles. The predicted octanol–water partition coefficient (Wildman–Crippen LogP) is 5.06. The van der Waals surface area contributed by atoms with Crippen LogP contribution in [0, 0.1) is 5.82 Å². The highest BCUT2D eigenvalue weighted by atomic mass is 32.2. The third kappa shape index (κ3) is 5.95. The summed E-state index contributed by atoms with van der Waals surface area (Å²) in [6, 6.07) is 11.7. The van der Waals surface area contributed by atoms with E-state index < -0.39 is 0 Å². The number of nitrogens with one attached hydrogen (secondary N) is 1. The van der Waals surface area contributed by atoms with Crippen molar-refractivity contribution in [3.8, 4) is 11.5 Å². The molecule has 0 saturated heterocycles. The van der Waals surface area contributed by atoms with Gasteiger partial charge in [0.2, 0.25) is 5.91 Å². The first-order chi connectivity index (χ1) is 12.5. The zero-order valence-corrected chi connectivity index (χ0v) is 16.1. The van der Waals surface area contributed by atoms with Crippen LogP contribution in [0.15, 0.2) is 42.5 Å². The summed E-state index contributed by atoms with van der Waals surface area (Å²) >= 11 is 1.50. The van der Waals surface area contributed by atoms with Crippen LogP contribution in [0.1, 0.15) is 31.6 Å². The molecule has 0 aliphatic carbocycles. The van der Waals surface area contributed by atoms with Gasteiger partial charge in [-0.1, -0.05) is 12.1 Å². The summed E-state index contributed by atoms with van der Waals surface area (Å²) in [5.74, 6) is 1.21. The van der Waals surface area contributed by atoms with Crippen molar-refractivity contribution < 1.29 is 18.7 Å². The first-order valence-corrected chi connectivity index (χ1v) is 9.65. The Labute approximate surface area is 158 Å². The van der Waals surface area contributed by atoms with E-state index in [0.717, 1.165) is 5.56 Å². The number of ether oxygens (including phenoxy) is 2. The molecule has 26 heavy (non-hydrogen) atoms. The molecule has 140 valence electrons. The zero-order chi connectivity index (χ0) is 18.9. The van der Waals surface area contributed by atoms with Gasteiger partial charge in [0.25, 0.3) is 0 Å². The first-order valence-electron chi connectivity index (χ1n) is 8.60. The molecule has 1 N–H and O–H groups in total. The molecule has 0 saturated carbocycles. The van der Waals surface area contributed by atoms with Gasteiger partial charge in [0.05, 0.1) is 19.0 Å². The highest BCUT2D eigenvalue weighted by Crippen LogP contribution is 2.31. The van der Waals surface area contributed by atoms with Crippen LogP contribution in [-0.4, -0.2) is 24.9 Å². The predicted molar refractivity (Wildman–Crippen MR) is 105 cm³/mol. The Bertz CT molecular complexity index is 721. The lowest BCUT2D eigenvalue weighted by molar-refractivity contribution is -0.113. The van der Waals surface area contributed by atoms with Gasteiger partial charge in [-0.2, -0.15) is 0 Å². The van der Waals surface area contributed by atoms with Gasteiger partial charge < -0.3 is 14.8 Å². The molecule has 1 unspecified atom stereocenters. The summed E-state index contributed by atoms with van der Waals surface area (Å²) in [4.78, 5) is 12.2. The van der Waals surface area contributed by atoms with E-state index in [9.17, 15) is 9.18 Å². The SMILES string of the molecule is CCOc1ccc(NC(=O)CSC(C)c2ccc(F)cc2)cc1OCC. The average Bonchev–Trinajstić information content (AvgIpc) is 2.63. The van der Waals surface area contributed by atoms with Gasteiger partial charge in [0.15, 0.2) is 11.5 Å². The molecule has 6 heteroatoms. The van der Waals surface area contributed by atoms with Gasteiger partial charge in [0, 0.05) is 17.0 Å². The van der Waals surface area contributed by atoms with Crippen LogP contribution in [0.3, 0.4) is 0 Å². The van der Waals surface area contributed by atoms with Gasteiger partial charge in [0.1, 0.15) is 5.82 Å². The van der Waals surface area contributed by atoms with E-state index >= 15 is 0 Å². The van der Waals surface area contributed by atoms with Gasteiger partial charge in [-0.15, -0.1) is 11.8 Å². The molecule has 2 rings (SSSR count). The number of benzene rings is 2. The fourth-order valence-electron chi connectivity index (χ4n) is 2.36. The normalized spacial score (nSPS) is 11.7. The molecular formula is C20H24FNO3S. The molecule has 0 aromatic heterocycles. The second-order valence-electron chi connectivity index (χ2n) is 5.58. The summed E-state index contributed by atoms with van der Waals surface area (Å²) in [5.41, 5.74) is 1.65. The number of rotatable bonds is 9. The van der Waals surface area contributed by atoms with Gasteiger partial charge >= 0.3 is 0 Å². The molecule has 0 radical (unpaired) electrons. The molecule has 1 amide bonds. The minimum Gasteiger partial charge on any atom is -0.490 e. The lowest BCUT2D eigenvalue weighted by Crippen LogP contribution is -2.15. The fraction of sp³-hybridized carbons (Fsp3) is 0.350. The first kappa shape index (κ1) is 20.1. The third-order valence-corrected chi connectivity index (χ3v) is 4.83. The minimum absolute atomic E-state index is 0.0978. The van der Waals surface area contributed by atoms with Crippen LogP contribution in [0.5, 0.6) is 11.5 Å². The van der Waals surface area contributed by atoms with Crippen molar-refractivity contribution in [2.45, 2.75) is 26.0 Å². The van der Waals surface area contributed by atoms with E-state index in [4.69, 9.17) is 9.47 Å². The molecule has 0 spiro atoms. The Balaban J connectivity index is 1.92. The second kappa shape index (κ2) is 10.1. The number of hydrogen-bond donors (Lipinski definition) is 1. The maximum atomic E-state index is 13.0. The molecule has 0 aliphatic heterocycles. The van der Waals surface area contributed by atoms with Crippen molar-refractivity contribution in [3.63, 3.8) is 0 Å². The minimum atomic E-state index is -0.260. The third-order valence-electron chi connectivity index (χ3n) is 3.63. The number of amides is 1. The van der Waals surface area contributed by atoms with Crippen LogP contribution < -0.4 is 14.8 Å². The van der Waals surface area contributed by atoms with Crippen LogP contribution >= 0.6 is 11.8 Å². The summed E-state index contributed by atoms with van der Waals surface area (Å²) in [7, 11) is 0. The molecule has 4 nitrogen and oxygen atoms in total. The van der Waals surface area contributed by atoms with Gasteiger partial charge in [-0.3, -0.25) is 4.79 Å². The van der Waals surface area contributed by atoms with Crippen molar-refractivity contribution in [2.24, 2.45) is 0 Å². The molecule has 1 atom stereocenters. The lowest BCUT2D eigenvalue weighted by Gasteiger charge is -2.14. The molecular weight excluding hydrogens is 353 g/mol. The van der Waals surface area contributed by atoms with Gasteiger partial charge in [-0.05, 0) is 50.6 Å². The maximum Gasteiger partial charge on any atom is 0.234 e. The molecule has 0 heterocycles. The smallest absolute Gasteiger partial charge is 0.234 e. The number of carbonyl (C=O) groups is 1. The number of halogens is 1. The fourth-order valence-corrected chi connectivity index (χ4v) is 3.18. The number of anilines is 1. The average molecular weight is 377 g/mol. The van der Waals surface area contributed by atoms with Crippen molar-refractivity contribution in [2.75, 3.05) is 24.3 Å². The van der Waals surface area contributed by atoms with E-state index in [1.54, 1.807) is 30.3 Å². The van der Waals surface area contributed by atoms with Crippen molar-refractivity contribution in [1.82, 2.24) is 0 Å². The lowest BCUT2D eigenvalue weighted by atomic mass is 10.2. The Morgan fingerprint density at radius 3 is 2.38 bits per heavy atom. The van der Waals surface area contributed by atoms with Crippen LogP contribution in [0.4, 0.5) is 10.1 Å². The van der Waals surface area contributed by atoms with Crippen LogP contribution in [0.2, 0.25) is 0 Å². The quantitative estimate of drug-likeness (QED) is 0.664. The van der Waals surface area contributed by atoms with Crippen molar-refractivity contribution >= 4 is 23.4 Å². The van der Waals surface area contributed by atoms with E-state index in [0.29, 0.717) is 36.2 Å².